The molecule has 0 aliphatic heterocycles. The molecule has 11 nitrogen and oxygen atoms in total. The Morgan fingerprint density at radius 3 is 2.18 bits per heavy atom. The fourth-order valence-corrected chi connectivity index (χ4v) is 3.06. The van der Waals surface area contributed by atoms with Crippen molar-refractivity contribution in [3.8, 4) is 5.75 Å². The van der Waals surface area contributed by atoms with Crippen molar-refractivity contribution in [1.82, 2.24) is 13.5 Å². The topological polar surface area (TPSA) is 113 Å². The molecule has 0 spiro atoms. The lowest BCUT2D eigenvalue weighted by Crippen LogP contribution is -2.35. The van der Waals surface area contributed by atoms with Gasteiger partial charge >= 0.3 is 12.2 Å². The minimum absolute atomic E-state index is 0.120. The predicted molar refractivity (Wildman–Crippen MR) is 126 cm³/mol. The van der Waals surface area contributed by atoms with Crippen LogP contribution in [0.5, 0.6) is 5.75 Å². The second-order valence-corrected chi connectivity index (χ2v) is 8.04. The van der Waals surface area contributed by atoms with E-state index in [1.807, 2.05) is 30.3 Å². The SMILES string of the molecule is CO/N=C(C)\C(=N\OC(=O)N(C)SN(C)C(=O)Oc1cccc2ccccc12)C(=O)N(C)C. The van der Waals surface area contributed by atoms with Gasteiger partial charge in [0.25, 0.3) is 5.91 Å². The molecule has 0 atom stereocenters. The third kappa shape index (κ3) is 6.84. The van der Waals surface area contributed by atoms with E-state index in [1.165, 1.54) is 47.1 Å². The highest BCUT2D eigenvalue weighted by Crippen LogP contribution is 2.26. The van der Waals surface area contributed by atoms with E-state index in [0.29, 0.717) is 5.75 Å². The predicted octanol–water partition coefficient (Wildman–Crippen LogP) is 3.37. The fourth-order valence-electron chi connectivity index (χ4n) is 2.49. The van der Waals surface area contributed by atoms with Gasteiger partial charge in [-0.15, -0.1) is 0 Å². The van der Waals surface area contributed by atoms with Gasteiger partial charge in [0.15, 0.2) is 5.71 Å². The van der Waals surface area contributed by atoms with Crippen LogP contribution in [-0.2, 0) is 14.5 Å². The number of hydrogen-bond acceptors (Lipinski definition) is 9. The van der Waals surface area contributed by atoms with Gasteiger partial charge < -0.3 is 14.5 Å². The van der Waals surface area contributed by atoms with E-state index in [2.05, 4.69) is 15.1 Å². The molecule has 0 bridgehead atoms. The van der Waals surface area contributed by atoms with E-state index in [0.717, 1.165) is 31.5 Å². The number of oxime groups is 2. The van der Waals surface area contributed by atoms with E-state index in [4.69, 9.17) is 9.57 Å². The molecule has 0 saturated heterocycles. The number of ether oxygens (including phenoxy) is 1. The first-order valence-electron chi connectivity index (χ1n) is 9.59. The second kappa shape index (κ2) is 11.7. The molecule has 0 N–H and O–H groups in total. The maximum absolute atomic E-state index is 12.5. The van der Waals surface area contributed by atoms with Crippen LogP contribution in [0.15, 0.2) is 52.8 Å². The number of fused-ring (bicyclic) bond motifs is 1. The highest BCUT2D eigenvalue weighted by molar-refractivity contribution is 7.95. The number of hydrogen-bond donors (Lipinski definition) is 0. The maximum Gasteiger partial charge on any atom is 0.447 e. The molecule has 0 heterocycles. The quantitative estimate of drug-likeness (QED) is 0.261. The van der Waals surface area contributed by atoms with Gasteiger partial charge in [0.1, 0.15) is 18.6 Å². The van der Waals surface area contributed by atoms with Crippen molar-refractivity contribution < 1.29 is 28.8 Å². The van der Waals surface area contributed by atoms with Crippen molar-refractivity contribution in [3.05, 3.63) is 42.5 Å². The maximum atomic E-state index is 12.5. The highest BCUT2D eigenvalue weighted by Gasteiger charge is 2.23. The summed E-state index contributed by atoms with van der Waals surface area (Å²) in [6.07, 6.45) is -1.63. The van der Waals surface area contributed by atoms with Crippen molar-refractivity contribution in [2.24, 2.45) is 10.3 Å². The molecule has 0 saturated carbocycles. The number of carbonyl (C=O) groups is 3. The normalized spacial score (nSPS) is 11.6. The zero-order chi connectivity index (χ0) is 24.5. The summed E-state index contributed by atoms with van der Waals surface area (Å²) in [4.78, 5) is 47.8. The molecule has 0 fully saturated rings. The summed E-state index contributed by atoms with van der Waals surface area (Å²) in [5.74, 6) is -0.146. The van der Waals surface area contributed by atoms with Gasteiger partial charge in [-0.05, 0) is 18.4 Å². The first kappa shape index (κ1) is 25.5. The van der Waals surface area contributed by atoms with Crippen LogP contribution in [0.3, 0.4) is 0 Å². The van der Waals surface area contributed by atoms with Crippen molar-refractivity contribution in [3.63, 3.8) is 0 Å². The fraction of sp³-hybridized carbons (Fsp3) is 0.286. The van der Waals surface area contributed by atoms with Crippen LogP contribution in [0.1, 0.15) is 6.92 Å². The van der Waals surface area contributed by atoms with Crippen molar-refractivity contribution >= 4 is 52.4 Å². The number of nitrogens with zero attached hydrogens (tertiary/aromatic N) is 5. The summed E-state index contributed by atoms with van der Waals surface area (Å²) in [5.41, 5.74) is -0.0904. The Kier molecular flexibility index (Phi) is 9.04. The molecule has 176 valence electrons. The van der Waals surface area contributed by atoms with E-state index in [-0.39, 0.29) is 11.4 Å². The molecule has 2 rings (SSSR count). The molecule has 12 heteroatoms. The number of amides is 3. The monoisotopic (exact) mass is 475 g/mol. The van der Waals surface area contributed by atoms with Crippen LogP contribution < -0.4 is 4.74 Å². The van der Waals surface area contributed by atoms with E-state index in [1.54, 1.807) is 12.1 Å². The lowest BCUT2D eigenvalue weighted by atomic mass is 10.1. The van der Waals surface area contributed by atoms with Gasteiger partial charge in [0, 0.05) is 33.6 Å². The van der Waals surface area contributed by atoms with Crippen LogP contribution in [0.25, 0.3) is 10.8 Å². The van der Waals surface area contributed by atoms with Gasteiger partial charge in [0.2, 0.25) is 0 Å². The lowest BCUT2D eigenvalue weighted by Gasteiger charge is -2.21. The van der Waals surface area contributed by atoms with E-state index in [9.17, 15) is 14.4 Å². The molecule has 2 aromatic carbocycles. The average molecular weight is 476 g/mol. The molecule has 33 heavy (non-hydrogen) atoms. The van der Waals surface area contributed by atoms with Crippen molar-refractivity contribution in [2.45, 2.75) is 6.92 Å². The minimum atomic E-state index is -0.931. The molecule has 2 aromatic rings. The second-order valence-electron chi connectivity index (χ2n) is 6.78. The molecular weight excluding hydrogens is 450 g/mol. The van der Waals surface area contributed by atoms with Gasteiger partial charge in [-0.3, -0.25) is 9.63 Å². The van der Waals surface area contributed by atoms with Gasteiger partial charge in [0.05, 0.1) is 12.1 Å². The first-order valence-corrected chi connectivity index (χ1v) is 10.3. The van der Waals surface area contributed by atoms with Crippen molar-refractivity contribution in [1.29, 1.82) is 0 Å². The van der Waals surface area contributed by atoms with Gasteiger partial charge in [-0.25, -0.2) is 18.2 Å². The Bertz CT molecular complexity index is 1080. The Balaban J connectivity index is 2.03. The Hall–Kier alpha value is -3.80. The third-order valence-corrected chi connectivity index (χ3v) is 4.89. The van der Waals surface area contributed by atoms with Crippen LogP contribution in [-0.4, -0.2) is 78.3 Å². The van der Waals surface area contributed by atoms with Crippen LogP contribution in [0, 0.1) is 0 Å². The molecule has 0 unspecified atom stereocenters. The van der Waals surface area contributed by atoms with E-state index >= 15 is 0 Å². The molecular formula is C21H25N5O6S. The number of carbonyl (C=O) groups excluding carboxylic acids is 3. The summed E-state index contributed by atoms with van der Waals surface area (Å²) in [7, 11) is 7.14. The average Bonchev–Trinajstić information content (AvgIpc) is 2.79. The number of benzene rings is 2. The molecule has 0 aliphatic carbocycles. The van der Waals surface area contributed by atoms with Crippen LogP contribution in [0.4, 0.5) is 9.59 Å². The summed E-state index contributed by atoms with van der Waals surface area (Å²) in [6, 6.07) is 12.8. The van der Waals surface area contributed by atoms with Crippen LogP contribution in [0.2, 0.25) is 0 Å². The molecule has 0 aromatic heterocycles. The molecule has 0 radical (unpaired) electrons. The standard InChI is InChI=1S/C21H25N5O6S/c1-14(22-30-6)18(19(27)24(2)3)23-32-21(29)26(5)33-25(4)20(28)31-17-13-9-11-15-10-7-8-12-16(15)17/h7-13H,1-6H3/b22-14-,23-18-. The first-order chi connectivity index (χ1) is 15.6. The molecule has 0 aliphatic rings. The Morgan fingerprint density at radius 2 is 1.52 bits per heavy atom. The summed E-state index contributed by atoms with van der Waals surface area (Å²) in [5, 5.41) is 8.96. The lowest BCUT2D eigenvalue weighted by molar-refractivity contribution is -0.121. The largest absolute Gasteiger partial charge is 0.447 e. The highest BCUT2D eigenvalue weighted by atomic mass is 32.2. The van der Waals surface area contributed by atoms with Gasteiger partial charge in [-0.1, -0.05) is 46.7 Å². The zero-order valence-corrected chi connectivity index (χ0v) is 20.0. The zero-order valence-electron chi connectivity index (χ0n) is 19.1. The Labute approximate surface area is 195 Å². The summed E-state index contributed by atoms with van der Waals surface area (Å²) in [6.45, 7) is 1.48. The van der Waals surface area contributed by atoms with Crippen molar-refractivity contribution in [2.75, 3.05) is 35.3 Å². The summed E-state index contributed by atoms with van der Waals surface area (Å²) < 4.78 is 7.58. The van der Waals surface area contributed by atoms with E-state index < -0.39 is 18.1 Å². The Morgan fingerprint density at radius 1 is 0.879 bits per heavy atom. The third-order valence-electron chi connectivity index (χ3n) is 4.10. The molecule has 3 amide bonds. The number of rotatable bonds is 7. The minimum Gasteiger partial charge on any atom is -0.409 e. The van der Waals surface area contributed by atoms with Gasteiger partial charge in [-0.2, -0.15) is 0 Å². The summed E-state index contributed by atoms with van der Waals surface area (Å²) >= 11 is 0.723. The smallest absolute Gasteiger partial charge is 0.409 e. The van der Waals surface area contributed by atoms with Crippen LogP contribution >= 0.6 is 12.1 Å².